The van der Waals surface area contributed by atoms with Gasteiger partial charge in [-0.1, -0.05) is 19.3 Å². The third-order valence-electron chi connectivity index (χ3n) is 4.43. The van der Waals surface area contributed by atoms with Crippen LogP contribution in [0.4, 0.5) is 5.82 Å². The fraction of sp³-hybridized carbons (Fsp3) is 0.588. The van der Waals surface area contributed by atoms with E-state index in [-0.39, 0.29) is 18.6 Å². The van der Waals surface area contributed by atoms with Gasteiger partial charge in [-0.05, 0) is 43.7 Å². The lowest BCUT2D eigenvalue weighted by Gasteiger charge is -2.21. The van der Waals surface area contributed by atoms with Gasteiger partial charge in [0.25, 0.3) is 5.91 Å². The van der Waals surface area contributed by atoms with Crippen LogP contribution in [0.2, 0.25) is 0 Å². The van der Waals surface area contributed by atoms with E-state index in [2.05, 4.69) is 16.4 Å². The molecule has 0 radical (unpaired) electrons. The van der Waals surface area contributed by atoms with Crippen molar-refractivity contribution in [3.05, 3.63) is 22.9 Å². The number of aryl methyl sites for hydroxylation is 2. The summed E-state index contributed by atoms with van der Waals surface area (Å²) >= 11 is 0. The Bertz CT molecular complexity index is 601. The average Bonchev–Trinajstić information content (AvgIpc) is 3.00. The normalized spacial score (nSPS) is 17.8. The zero-order valence-corrected chi connectivity index (χ0v) is 12.7. The van der Waals surface area contributed by atoms with Crippen molar-refractivity contribution in [2.45, 2.75) is 57.5 Å². The maximum atomic E-state index is 12.0. The Balaban J connectivity index is 1.60. The van der Waals surface area contributed by atoms with Gasteiger partial charge in [0.15, 0.2) is 5.82 Å². The molecular formula is C17H21N3O2. The highest BCUT2D eigenvalue weighted by molar-refractivity contribution is 5.92. The van der Waals surface area contributed by atoms with Crippen molar-refractivity contribution in [1.82, 2.24) is 4.98 Å². The summed E-state index contributed by atoms with van der Waals surface area (Å²) in [5.41, 5.74) is 2.57. The molecule has 0 spiro atoms. The van der Waals surface area contributed by atoms with Crippen LogP contribution < -0.4 is 5.32 Å². The van der Waals surface area contributed by atoms with Crippen LogP contribution in [0.25, 0.3) is 0 Å². The van der Waals surface area contributed by atoms with Crippen LogP contribution in [-0.4, -0.2) is 23.6 Å². The van der Waals surface area contributed by atoms with E-state index in [4.69, 9.17) is 4.74 Å². The van der Waals surface area contributed by atoms with Crippen LogP contribution in [0.5, 0.6) is 0 Å². The zero-order valence-electron chi connectivity index (χ0n) is 12.7. The van der Waals surface area contributed by atoms with Crippen LogP contribution in [0, 0.1) is 11.3 Å². The van der Waals surface area contributed by atoms with E-state index in [1.165, 1.54) is 19.3 Å². The highest BCUT2D eigenvalue weighted by Gasteiger charge is 2.19. The minimum Gasteiger partial charge on any atom is -0.368 e. The molecule has 2 aliphatic carbocycles. The molecule has 5 heteroatoms. The summed E-state index contributed by atoms with van der Waals surface area (Å²) in [6, 6.07) is 3.97. The first-order valence-corrected chi connectivity index (χ1v) is 8.10. The summed E-state index contributed by atoms with van der Waals surface area (Å²) in [5, 5.41) is 12.0. The first kappa shape index (κ1) is 15.0. The molecule has 5 nitrogen and oxygen atoms in total. The lowest BCUT2D eigenvalue weighted by atomic mass is 9.98. The third kappa shape index (κ3) is 3.45. The molecule has 0 aliphatic heterocycles. The molecule has 1 aromatic rings. The molecule has 0 aromatic carbocycles. The number of ether oxygens (including phenoxy) is 1. The fourth-order valence-corrected chi connectivity index (χ4v) is 3.25. The number of carbonyl (C=O) groups is 1. The van der Waals surface area contributed by atoms with Crippen molar-refractivity contribution in [3.63, 3.8) is 0 Å². The minimum atomic E-state index is -0.229. The van der Waals surface area contributed by atoms with Crippen LogP contribution in [-0.2, 0) is 22.4 Å². The molecule has 3 rings (SSSR count). The van der Waals surface area contributed by atoms with Gasteiger partial charge in [-0.3, -0.25) is 4.79 Å². The number of nitrogens with zero attached hydrogens (tertiary/aromatic N) is 2. The van der Waals surface area contributed by atoms with E-state index in [0.717, 1.165) is 43.4 Å². The standard InChI is InChI=1S/C17H21N3O2/c18-10-13-9-12-5-4-8-15(12)19-17(13)20-16(21)11-22-14-6-2-1-3-7-14/h9,14H,1-8,11H2,(H,19,20,21). The van der Waals surface area contributed by atoms with Crippen LogP contribution >= 0.6 is 0 Å². The molecule has 0 bridgehead atoms. The van der Waals surface area contributed by atoms with E-state index in [0.29, 0.717) is 11.4 Å². The number of aromatic nitrogens is 1. The number of carbonyl (C=O) groups excluding carboxylic acids is 1. The Morgan fingerprint density at radius 1 is 1.32 bits per heavy atom. The number of nitrogens with one attached hydrogen (secondary N) is 1. The van der Waals surface area contributed by atoms with E-state index in [1.54, 1.807) is 0 Å². The van der Waals surface area contributed by atoms with Gasteiger partial charge in [-0.2, -0.15) is 5.26 Å². The highest BCUT2D eigenvalue weighted by atomic mass is 16.5. The molecule has 22 heavy (non-hydrogen) atoms. The number of hydrogen-bond donors (Lipinski definition) is 1. The molecule has 2 aliphatic rings. The second-order valence-corrected chi connectivity index (χ2v) is 6.07. The Kier molecular flexibility index (Phi) is 4.69. The highest BCUT2D eigenvalue weighted by Crippen LogP contribution is 2.25. The number of hydrogen-bond acceptors (Lipinski definition) is 4. The van der Waals surface area contributed by atoms with Crippen LogP contribution in [0.3, 0.4) is 0 Å². The monoisotopic (exact) mass is 299 g/mol. The molecule has 1 aromatic heterocycles. The number of nitriles is 1. The number of fused-ring (bicyclic) bond motifs is 1. The SMILES string of the molecule is N#Cc1cc2c(nc1NC(=O)COC1CCCCC1)CCC2. The molecule has 1 N–H and O–H groups in total. The molecule has 0 saturated heterocycles. The predicted molar refractivity (Wildman–Crippen MR) is 82.4 cm³/mol. The number of amides is 1. The molecule has 1 amide bonds. The van der Waals surface area contributed by atoms with Gasteiger partial charge < -0.3 is 10.1 Å². The maximum absolute atomic E-state index is 12.0. The second kappa shape index (κ2) is 6.89. The quantitative estimate of drug-likeness (QED) is 0.927. The summed E-state index contributed by atoms with van der Waals surface area (Å²) in [4.78, 5) is 16.5. The first-order valence-electron chi connectivity index (χ1n) is 8.10. The number of rotatable bonds is 4. The van der Waals surface area contributed by atoms with Crippen molar-refractivity contribution < 1.29 is 9.53 Å². The summed E-state index contributed by atoms with van der Waals surface area (Å²) in [7, 11) is 0. The molecule has 0 unspecified atom stereocenters. The van der Waals surface area contributed by atoms with E-state index < -0.39 is 0 Å². The van der Waals surface area contributed by atoms with Gasteiger partial charge in [0.05, 0.1) is 11.7 Å². The van der Waals surface area contributed by atoms with Crippen molar-refractivity contribution in [2.24, 2.45) is 0 Å². The largest absolute Gasteiger partial charge is 0.368 e. The van der Waals surface area contributed by atoms with Crippen molar-refractivity contribution in [2.75, 3.05) is 11.9 Å². The zero-order chi connectivity index (χ0) is 15.4. The first-order chi connectivity index (χ1) is 10.8. The Morgan fingerprint density at radius 3 is 2.91 bits per heavy atom. The molecule has 1 heterocycles. The van der Waals surface area contributed by atoms with E-state index in [1.807, 2.05) is 6.07 Å². The van der Waals surface area contributed by atoms with Crippen molar-refractivity contribution in [3.8, 4) is 6.07 Å². The lowest BCUT2D eigenvalue weighted by molar-refractivity contribution is -0.123. The summed E-state index contributed by atoms with van der Waals surface area (Å²) < 4.78 is 5.66. The predicted octanol–water partition coefficient (Wildman–Crippen LogP) is 2.73. The van der Waals surface area contributed by atoms with Gasteiger partial charge >= 0.3 is 0 Å². The van der Waals surface area contributed by atoms with Crippen molar-refractivity contribution in [1.29, 1.82) is 5.26 Å². The molecule has 0 atom stereocenters. The van der Waals surface area contributed by atoms with Crippen LogP contribution in [0.1, 0.15) is 55.3 Å². The molecule has 116 valence electrons. The number of anilines is 1. The Hall–Kier alpha value is -1.93. The van der Waals surface area contributed by atoms with Gasteiger partial charge in [0.1, 0.15) is 12.7 Å². The molecule has 1 saturated carbocycles. The molecular weight excluding hydrogens is 278 g/mol. The summed E-state index contributed by atoms with van der Waals surface area (Å²) in [6.07, 6.45) is 8.84. The fourth-order valence-electron chi connectivity index (χ4n) is 3.25. The van der Waals surface area contributed by atoms with Crippen molar-refractivity contribution >= 4 is 11.7 Å². The Labute approximate surface area is 130 Å². The Morgan fingerprint density at radius 2 is 2.14 bits per heavy atom. The second-order valence-electron chi connectivity index (χ2n) is 6.07. The number of pyridine rings is 1. The average molecular weight is 299 g/mol. The summed E-state index contributed by atoms with van der Waals surface area (Å²) in [5.74, 6) is 0.146. The van der Waals surface area contributed by atoms with Gasteiger partial charge in [-0.25, -0.2) is 4.98 Å². The topological polar surface area (TPSA) is 75.0 Å². The third-order valence-corrected chi connectivity index (χ3v) is 4.43. The van der Waals surface area contributed by atoms with E-state index in [9.17, 15) is 10.1 Å². The molecule has 1 fully saturated rings. The van der Waals surface area contributed by atoms with Gasteiger partial charge in [0.2, 0.25) is 0 Å². The summed E-state index contributed by atoms with van der Waals surface area (Å²) in [6.45, 7) is 0.0360. The minimum absolute atomic E-state index is 0.0360. The van der Waals surface area contributed by atoms with Gasteiger partial charge in [-0.15, -0.1) is 0 Å². The van der Waals surface area contributed by atoms with Gasteiger partial charge in [0, 0.05) is 5.69 Å². The van der Waals surface area contributed by atoms with Crippen LogP contribution in [0.15, 0.2) is 6.07 Å². The van der Waals surface area contributed by atoms with E-state index >= 15 is 0 Å². The lowest BCUT2D eigenvalue weighted by Crippen LogP contribution is -2.25. The smallest absolute Gasteiger partial charge is 0.251 e. The maximum Gasteiger partial charge on any atom is 0.251 e.